The van der Waals surface area contributed by atoms with Crippen molar-refractivity contribution in [2.24, 2.45) is 0 Å². The van der Waals surface area contributed by atoms with E-state index in [9.17, 15) is 17.8 Å². The second-order valence-corrected chi connectivity index (χ2v) is 15.3. The number of allylic oxidation sites excluding steroid dienone is 6. The zero-order valence-corrected chi connectivity index (χ0v) is 30.2. The summed E-state index contributed by atoms with van der Waals surface area (Å²) >= 11 is 3.21. The van der Waals surface area contributed by atoms with Crippen molar-refractivity contribution in [2.75, 3.05) is 29.1 Å². The van der Waals surface area contributed by atoms with Crippen LogP contribution in [0.15, 0.2) is 90.7 Å². The van der Waals surface area contributed by atoms with Crippen LogP contribution in [-0.4, -0.2) is 53.3 Å². The van der Waals surface area contributed by atoms with Crippen molar-refractivity contribution in [3.8, 4) is 0 Å². The second kappa shape index (κ2) is 13.9. The second-order valence-electron chi connectivity index (χ2n) is 13.2. The summed E-state index contributed by atoms with van der Waals surface area (Å²) in [5.74, 6) is -0.380. The predicted molar refractivity (Wildman–Crippen MR) is 195 cm³/mol. The van der Waals surface area contributed by atoms with Crippen LogP contribution < -0.4 is 10.2 Å². The lowest BCUT2D eigenvalue weighted by Crippen LogP contribution is -2.28. The lowest BCUT2D eigenvalue weighted by molar-refractivity contribution is -0.438. The lowest BCUT2D eigenvalue weighted by atomic mass is 9.79. The Morgan fingerprint density at radius 3 is 2.49 bits per heavy atom. The van der Waals surface area contributed by atoms with Gasteiger partial charge in [-0.1, -0.05) is 84.4 Å². The van der Waals surface area contributed by atoms with Gasteiger partial charge < -0.3 is 14.8 Å². The van der Waals surface area contributed by atoms with Gasteiger partial charge in [0.15, 0.2) is 5.71 Å². The molecule has 7 nitrogen and oxygen atoms in total. The van der Waals surface area contributed by atoms with Gasteiger partial charge >= 0.3 is 0 Å². The van der Waals surface area contributed by atoms with Gasteiger partial charge in [-0.15, -0.1) is 0 Å². The molecule has 3 aromatic rings. The molecule has 47 heavy (non-hydrogen) atoms. The van der Waals surface area contributed by atoms with Gasteiger partial charge in [0.1, 0.15) is 6.54 Å². The molecule has 1 N–H and O–H groups in total. The summed E-state index contributed by atoms with van der Waals surface area (Å²) in [6, 6.07) is 19.2. The Labute approximate surface area is 287 Å². The van der Waals surface area contributed by atoms with Crippen molar-refractivity contribution in [3.63, 3.8) is 0 Å². The van der Waals surface area contributed by atoms with Crippen molar-refractivity contribution >= 4 is 59.8 Å². The highest BCUT2D eigenvalue weighted by Gasteiger charge is 2.45. The van der Waals surface area contributed by atoms with Gasteiger partial charge in [-0.3, -0.25) is 4.79 Å². The number of hydrogen-bond donors (Lipinski definition) is 1. The molecule has 0 saturated carbocycles. The van der Waals surface area contributed by atoms with Gasteiger partial charge in [-0.25, -0.2) is 8.42 Å². The van der Waals surface area contributed by atoms with Crippen molar-refractivity contribution < 1.29 is 22.3 Å². The number of alkyl halides is 1. The molecule has 0 fully saturated rings. The largest absolute Gasteiger partial charge is 0.748 e. The Kier molecular flexibility index (Phi) is 10.3. The predicted octanol–water partition coefficient (Wildman–Crippen LogP) is 7.37. The molecular formula is C38H44BrN3O4S. The topological polar surface area (TPSA) is 92.6 Å². The van der Waals surface area contributed by atoms with Crippen LogP contribution in [0.1, 0.15) is 64.2 Å². The standard InChI is InChI=1S/C38H44BrN3O4S/c1-6-41-31-20-18-27(26-40-35(43)25-39)24-30(31)37(2,3)33(41)16-8-7-9-17-34-38(4,5)36-29-15-11-10-14-28(29)19-21-32(36)42(34)22-12-13-23-47(44,45)46/h7-11,14-21,24H,6,12-13,22-23,25-26H2,1-5H3,(H-,40,43,44,45,46). The summed E-state index contributed by atoms with van der Waals surface area (Å²) in [7, 11) is -4.24. The fourth-order valence-corrected chi connectivity index (χ4v) is 7.86. The number of amides is 1. The average Bonchev–Trinajstić information content (AvgIpc) is 3.39. The normalized spacial score (nSPS) is 17.8. The van der Waals surface area contributed by atoms with Crippen molar-refractivity contribution in [1.29, 1.82) is 0 Å². The molecule has 3 aromatic carbocycles. The summed E-state index contributed by atoms with van der Waals surface area (Å²) in [5.41, 5.74) is 7.74. The number of fused-ring (bicyclic) bond motifs is 4. The van der Waals surface area contributed by atoms with Crippen LogP contribution in [0.25, 0.3) is 10.8 Å². The molecule has 0 aromatic heterocycles. The maximum absolute atomic E-state index is 11.8. The number of carbonyl (C=O) groups excluding carboxylic acids is 1. The van der Waals surface area contributed by atoms with Crippen LogP contribution in [-0.2, 0) is 32.3 Å². The third kappa shape index (κ3) is 7.17. The highest BCUT2D eigenvalue weighted by atomic mass is 79.9. The van der Waals surface area contributed by atoms with Gasteiger partial charge in [0.25, 0.3) is 0 Å². The fourth-order valence-electron chi connectivity index (χ4n) is 7.10. The van der Waals surface area contributed by atoms with E-state index in [0.717, 1.165) is 23.5 Å². The SMILES string of the molecule is CCN1/C(=C/C=C/C=C/C2=[N+](CCCCS(=O)(=O)[O-])c3ccc4ccccc4c3C2(C)C)C(C)(C)c2cc(CNC(=O)CBr)ccc21. The first-order chi connectivity index (χ1) is 22.3. The highest BCUT2D eigenvalue weighted by Crippen LogP contribution is 2.48. The molecule has 2 aliphatic heterocycles. The highest BCUT2D eigenvalue weighted by molar-refractivity contribution is 9.09. The molecule has 0 aliphatic carbocycles. The zero-order valence-electron chi connectivity index (χ0n) is 27.8. The summed E-state index contributed by atoms with van der Waals surface area (Å²) in [6.45, 7) is 13.1. The Bertz CT molecular complexity index is 1920. The van der Waals surface area contributed by atoms with Crippen LogP contribution in [0.3, 0.4) is 0 Å². The van der Waals surface area contributed by atoms with Gasteiger partial charge in [-0.2, -0.15) is 4.58 Å². The first-order valence-corrected chi connectivity index (χ1v) is 18.9. The quantitative estimate of drug-likeness (QED) is 0.0695. The molecule has 9 heteroatoms. The van der Waals surface area contributed by atoms with E-state index in [1.165, 1.54) is 33.3 Å². The summed E-state index contributed by atoms with van der Waals surface area (Å²) in [6.07, 6.45) is 11.5. The number of nitrogens with one attached hydrogen (secondary N) is 1. The van der Waals surface area contributed by atoms with E-state index in [1.807, 2.05) is 0 Å². The van der Waals surface area contributed by atoms with Crippen LogP contribution >= 0.6 is 15.9 Å². The van der Waals surface area contributed by atoms with E-state index in [2.05, 4.69) is 150 Å². The van der Waals surface area contributed by atoms with E-state index >= 15 is 0 Å². The molecule has 0 spiro atoms. The maximum atomic E-state index is 11.8. The Morgan fingerprint density at radius 2 is 1.77 bits per heavy atom. The van der Waals surface area contributed by atoms with Crippen LogP contribution in [0, 0.1) is 0 Å². The first kappa shape index (κ1) is 34.8. The molecule has 0 radical (unpaired) electrons. The van der Waals surface area contributed by atoms with Gasteiger partial charge in [-0.05, 0) is 67.3 Å². The minimum atomic E-state index is -4.24. The smallest absolute Gasteiger partial charge is 0.230 e. The number of halogens is 1. The number of benzene rings is 3. The zero-order chi connectivity index (χ0) is 34.0. The third-order valence-corrected chi connectivity index (χ3v) is 10.7. The number of anilines is 1. The molecule has 0 unspecified atom stereocenters. The van der Waals surface area contributed by atoms with E-state index in [4.69, 9.17) is 0 Å². The van der Waals surface area contributed by atoms with Gasteiger partial charge in [0, 0.05) is 59.8 Å². The number of nitrogens with zero attached hydrogens (tertiary/aromatic N) is 2. The summed E-state index contributed by atoms with van der Waals surface area (Å²) in [4.78, 5) is 14.1. The van der Waals surface area contributed by atoms with E-state index < -0.39 is 10.1 Å². The van der Waals surface area contributed by atoms with E-state index in [-0.39, 0.29) is 27.8 Å². The molecule has 0 bridgehead atoms. The summed E-state index contributed by atoms with van der Waals surface area (Å²) in [5, 5.41) is 5.62. The van der Waals surface area contributed by atoms with E-state index in [0.29, 0.717) is 25.9 Å². The average molecular weight is 719 g/mol. The molecule has 2 aliphatic rings. The fraction of sp³-hybridized carbons (Fsp3) is 0.368. The Morgan fingerprint density at radius 1 is 1.00 bits per heavy atom. The first-order valence-electron chi connectivity index (χ1n) is 16.2. The number of hydrogen-bond acceptors (Lipinski definition) is 5. The molecular weight excluding hydrogens is 674 g/mol. The third-order valence-electron chi connectivity index (χ3n) is 9.39. The number of unbranched alkanes of at least 4 members (excludes halogenated alkanes) is 1. The molecule has 248 valence electrons. The van der Waals surface area contributed by atoms with Crippen molar-refractivity contribution in [1.82, 2.24) is 5.32 Å². The summed E-state index contributed by atoms with van der Waals surface area (Å²) < 4.78 is 36.0. The van der Waals surface area contributed by atoms with Gasteiger partial charge in [0.05, 0.1) is 20.9 Å². The maximum Gasteiger partial charge on any atom is 0.230 e. The molecule has 2 heterocycles. The lowest BCUT2D eigenvalue weighted by Gasteiger charge is -2.25. The van der Waals surface area contributed by atoms with E-state index in [1.54, 1.807) is 0 Å². The molecule has 1 amide bonds. The Hall–Kier alpha value is -3.53. The minimum absolute atomic E-state index is 0.0343. The molecule has 0 saturated heterocycles. The minimum Gasteiger partial charge on any atom is -0.748 e. The molecule has 0 atom stereocenters. The molecule has 5 rings (SSSR count). The van der Waals surface area contributed by atoms with Crippen LogP contribution in [0.2, 0.25) is 0 Å². The number of carbonyl (C=O) groups is 1. The van der Waals surface area contributed by atoms with Crippen LogP contribution in [0.5, 0.6) is 0 Å². The number of likely N-dealkylation sites (N-methyl/N-ethyl adjacent to an activating group) is 1. The number of rotatable bonds is 12. The van der Waals surface area contributed by atoms with Crippen molar-refractivity contribution in [3.05, 3.63) is 107 Å². The Balaban J connectivity index is 1.42. The van der Waals surface area contributed by atoms with Gasteiger partial charge in [0.2, 0.25) is 11.6 Å². The van der Waals surface area contributed by atoms with Crippen molar-refractivity contribution in [2.45, 2.75) is 64.8 Å². The monoisotopic (exact) mass is 717 g/mol. The van der Waals surface area contributed by atoms with Crippen LogP contribution in [0.4, 0.5) is 11.4 Å².